The van der Waals surface area contributed by atoms with Crippen molar-refractivity contribution >= 4 is 11.9 Å². The summed E-state index contributed by atoms with van der Waals surface area (Å²) in [4.78, 5) is 29.4. The van der Waals surface area contributed by atoms with Gasteiger partial charge in [0.25, 0.3) is 0 Å². The molecule has 0 aliphatic carbocycles. The Hall–Kier alpha value is -1.85. The Labute approximate surface area is 99.4 Å². The summed E-state index contributed by atoms with van der Waals surface area (Å²) in [6.07, 6.45) is 3.20. The Morgan fingerprint density at radius 3 is 2.71 bits per heavy atom. The Balaban J connectivity index is 2.53. The maximum absolute atomic E-state index is 11.7. The van der Waals surface area contributed by atoms with Crippen LogP contribution in [-0.4, -0.2) is 27.0 Å². The number of nitrogens with one attached hydrogen (secondary N) is 2. The van der Waals surface area contributed by atoms with Gasteiger partial charge in [-0.05, 0) is 20.8 Å². The van der Waals surface area contributed by atoms with Crippen LogP contribution in [0.4, 0.5) is 0 Å². The first-order chi connectivity index (χ1) is 7.83. The van der Waals surface area contributed by atoms with Gasteiger partial charge in [0.15, 0.2) is 0 Å². The van der Waals surface area contributed by atoms with Crippen molar-refractivity contribution in [3.63, 3.8) is 0 Å². The van der Waals surface area contributed by atoms with E-state index in [0.717, 1.165) is 0 Å². The molecule has 1 aromatic heterocycles. The molecule has 0 bridgehead atoms. The summed E-state index contributed by atoms with van der Waals surface area (Å²) in [7, 11) is 0. The summed E-state index contributed by atoms with van der Waals surface area (Å²) < 4.78 is 0. The van der Waals surface area contributed by atoms with Crippen molar-refractivity contribution in [3.8, 4) is 0 Å². The summed E-state index contributed by atoms with van der Waals surface area (Å²) in [6.45, 7) is 4.82. The topological polar surface area (TPSA) is 95.1 Å². The molecular weight excluding hydrogens is 222 g/mol. The first-order valence-electron chi connectivity index (χ1n) is 5.35. The van der Waals surface area contributed by atoms with Gasteiger partial charge < -0.3 is 15.4 Å². The smallest absolute Gasteiger partial charge is 0.309 e. The van der Waals surface area contributed by atoms with E-state index in [9.17, 15) is 9.59 Å². The molecule has 0 radical (unpaired) electrons. The molecule has 94 valence electrons. The van der Waals surface area contributed by atoms with Crippen molar-refractivity contribution < 1.29 is 14.7 Å². The van der Waals surface area contributed by atoms with Gasteiger partial charge in [0.2, 0.25) is 5.91 Å². The van der Waals surface area contributed by atoms with Gasteiger partial charge in [0, 0.05) is 18.8 Å². The van der Waals surface area contributed by atoms with Gasteiger partial charge >= 0.3 is 5.97 Å². The molecule has 1 rings (SSSR count). The van der Waals surface area contributed by atoms with E-state index >= 15 is 0 Å². The maximum atomic E-state index is 11.7. The predicted molar refractivity (Wildman–Crippen MR) is 61.2 cm³/mol. The number of aromatic nitrogens is 2. The number of rotatable bonds is 5. The lowest BCUT2D eigenvalue weighted by molar-refractivity contribution is -0.149. The second-order valence-corrected chi connectivity index (χ2v) is 4.63. The molecule has 0 aromatic carbocycles. The SMILES string of the molecule is CC(NC(=O)CC(C)(C)C(=O)O)c1ncc[nH]1. The molecule has 1 atom stereocenters. The van der Waals surface area contributed by atoms with Gasteiger partial charge in [-0.3, -0.25) is 9.59 Å². The molecule has 17 heavy (non-hydrogen) atoms. The van der Waals surface area contributed by atoms with Crippen LogP contribution in [0.25, 0.3) is 0 Å². The van der Waals surface area contributed by atoms with E-state index < -0.39 is 11.4 Å². The Morgan fingerprint density at radius 2 is 2.24 bits per heavy atom. The van der Waals surface area contributed by atoms with Crippen molar-refractivity contribution in [1.82, 2.24) is 15.3 Å². The molecule has 6 nitrogen and oxygen atoms in total. The molecule has 1 heterocycles. The molecule has 0 fully saturated rings. The van der Waals surface area contributed by atoms with E-state index in [1.54, 1.807) is 19.3 Å². The fourth-order valence-corrected chi connectivity index (χ4v) is 1.35. The zero-order chi connectivity index (χ0) is 13.1. The number of aliphatic carboxylic acids is 1. The highest BCUT2D eigenvalue weighted by molar-refractivity contribution is 5.84. The van der Waals surface area contributed by atoms with Crippen LogP contribution in [0.2, 0.25) is 0 Å². The highest BCUT2D eigenvalue weighted by Gasteiger charge is 2.30. The van der Waals surface area contributed by atoms with Crippen LogP contribution < -0.4 is 5.32 Å². The summed E-state index contributed by atoms with van der Waals surface area (Å²) in [5, 5.41) is 11.6. The number of hydrogen-bond acceptors (Lipinski definition) is 3. The normalized spacial score (nSPS) is 13.1. The summed E-state index contributed by atoms with van der Waals surface area (Å²) in [5.74, 6) is -0.647. The van der Waals surface area contributed by atoms with E-state index in [1.165, 1.54) is 13.8 Å². The van der Waals surface area contributed by atoms with Crippen LogP contribution in [0.1, 0.15) is 39.1 Å². The van der Waals surface area contributed by atoms with Gasteiger partial charge in [0.1, 0.15) is 5.82 Å². The van der Waals surface area contributed by atoms with Crippen LogP contribution in [0.3, 0.4) is 0 Å². The zero-order valence-electron chi connectivity index (χ0n) is 10.2. The molecule has 1 unspecified atom stereocenters. The number of carboxylic acids is 1. The summed E-state index contributed by atoms with van der Waals surface area (Å²) in [6, 6.07) is -0.262. The molecule has 1 aromatic rings. The zero-order valence-corrected chi connectivity index (χ0v) is 10.2. The number of H-pyrrole nitrogens is 1. The van der Waals surface area contributed by atoms with E-state index in [0.29, 0.717) is 5.82 Å². The van der Waals surface area contributed by atoms with E-state index in [1.807, 2.05) is 0 Å². The number of imidazole rings is 1. The molecule has 0 aliphatic rings. The molecule has 3 N–H and O–H groups in total. The number of carbonyl (C=O) groups excluding carboxylic acids is 1. The summed E-state index contributed by atoms with van der Waals surface area (Å²) >= 11 is 0. The van der Waals surface area contributed by atoms with Crippen LogP contribution in [-0.2, 0) is 9.59 Å². The molecule has 0 aliphatic heterocycles. The lowest BCUT2D eigenvalue weighted by atomic mass is 9.89. The Bertz CT molecular complexity index is 398. The lowest BCUT2D eigenvalue weighted by Crippen LogP contribution is -2.34. The Morgan fingerprint density at radius 1 is 1.59 bits per heavy atom. The van der Waals surface area contributed by atoms with Crippen molar-refractivity contribution in [1.29, 1.82) is 0 Å². The van der Waals surface area contributed by atoms with Crippen LogP contribution in [0, 0.1) is 5.41 Å². The number of carbonyl (C=O) groups is 2. The van der Waals surface area contributed by atoms with Crippen molar-refractivity contribution in [2.24, 2.45) is 5.41 Å². The number of amides is 1. The van der Waals surface area contributed by atoms with Gasteiger partial charge in [-0.1, -0.05) is 0 Å². The van der Waals surface area contributed by atoms with Gasteiger partial charge in [0.05, 0.1) is 11.5 Å². The minimum atomic E-state index is -1.06. The molecule has 0 spiro atoms. The van der Waals surface area contributed by atoms with Gasteiger partial charge in [-0.25, -0.2) is 4.98 Å². The molecule has 1 amide bonds. The van der Waals surface area contributed by atoms with Gasteiger partial charge in [-0.2, -0.15) is 0 Å². The standard InChI is InChI=1S/C11H17N3O3/c1-7(9-12-4-5-13-9)14-8(15)6-11(2,3)10(16)17/h4-5,7H,6H2,1-3H3,(H,12,13)(H,14,15)(H,16,17). The third-order valence-electron chi connectivity index (χ3n) is 2.49. The number of aromatic amines is 1. The first kappa shape index (κ1) is 13.2. The van der Waals surface area contributed by atoms with Crippen molar-refractivity contribution in [2.45, 2.75) is 33.2 Å². The molecule has 6 heteroatoms. The van der Waals surface area contributed by atoms with E-state index in [2.05, 4.69) is 15.3 Å². The monoisotopic (exact) mass is 239 g/mol. The fourth-order valence-electron chi connectivity index (χ4n) is 1.35. The molecule has 0 saturated carbocycles. The van der Waals surface area contributed by atoms with Crippen LogP contribution in [0.5, 0.6) is 0 Å². The lowest BCUT2D eigenvalue weighted by Gasteiger charge is -2.19. The maximum Gasteiger partial charge on any atom is 0.309 e. The highest BCUT2D eigenvalue weighted by atomic mass is 16.4. The van der Waals surface area contributed by atoms with Crippen molar-refractivity contribution in [2.75, 3.05) is 0 Å². The second-order valence-electron chi connectivity index (χ2n) is 4.63. The van der Waals surface area contributed by atoms with Gasteiger partial charge in [-0.15, -0.1) is 0 Å². The largest absolute Gasteiger partial charge is 0.481 e. The molecular formula is C11H17N3O3. The third-order valence-corrected chi connectivity index (χ3v) is 2.49. The Kier molecular flexibility index (Phi) is 3.88. The number of nitrogens with zero attached hydrogens (tertiary/aromatic N) is 1. The molecule has 0 saturated heterocycles. The highest BCUT2D eigenvalue weighted by Crippen LogP contribution is 2.20. The number of hydrogen-bond donors (Lipinski definition) is 3. The first-order valence-corrected chi connectivity index (χ1v) is 5.35. The van der Waals surface area contributed by atoms with Crippen LogP contribution in [0.15, 0.2) is 12.4 Å². The average molecular weight is 239 g/mol. The third kappa shape index (κ3) is 3.58. The number of carboxylic acid groups (broad SMARTS) is 1. The van der Waals surface area contributed by atoms with Crippen LogP contribution >= 0.6 is 0 Å². The quantitative estimate of drug-likeness (QED) is 0.716. The minimum Gasteiger partial charge on any atom is -0.481 e. The predicted octanol–water partition coefficient (Wildman–Crippen LogP) is 1.09. The van der Waals surface area contributed by atoms with E-state index in [4.69, 9.17) is 5.11 Å². The summed E-state index contributed by atoms with van der Waals surface area (Å²) in [5.41, 5.74) is -1.06. The van der Waals surface area contributed by atoms with E-state index in [-0.39, 0.29) is 18.4 Å². The van der Waals surface area contributed by atoms with Crippen molar-refractivity contribution in [3.05, 3.63) is 18.2 Å². The fraction of sp³-hybridized carbons (Fsp3) is 0.545. The average Bonchev–Trinajstić information content (AvgIpc) is 2.68. The second kappa shape index (κ2) is 4.99. The minimum absolute atomic E-state index is 0.0621.